The molecule has 0 aliphatic carbocycles. The highest BCUT2D eigenvalue weighted by atomic mass is 16.5. The number of hydrogen-bond acceptors (Lipinski definition) is 4. The van der Waals surface area contributed by atoms with Crippen LogP contribution in [-0.2, 0) is 9.53 Å². The van der Waals surface area contributed by atoms with Crippen LogP contribution in [0.25, 0.3) is 0 Å². The van der Waals surface area contributed by atoms with E-state index in [2.05, 4.69) is 18.7 Å². The van der Waals surface area contributed by atoms with Gasteiger partial charge in [0.25, 0.3) is 0 Å². The Bertz CT molecular complexity index is 253. The number of carbonyl (C=O) groups excluding carboxylic acids is 1. The summed E-state index contributed by atoms with van der Waals surface area (Å²) in [6.07, 6.45) is 1.93. The Labute approximate surface area is 110 Å². The van der Waals surface area contributed by atoms with Gasteiger partial charge in [-0.05, 0) is 19.9 Å². The van der Waals surface area contributed by atoms with Gasteiger partial charge in [-0.25, -0.2) is 0 Å². The molecule has 0 aromatic carbocycles. The number of nitrogens with zero attached hydrogens (tertiary/aromatic N) is 2. The van der Waals surface area contributed by atoms with E-state index in [1.165, 1.54) is 0 Å². The molecule has 0 unspecified atom stereocenters. The lowest BCUT2D eigenvalue weighted by Crippen LogP contribution is -2.55. The molecular weight excluding hydrogens is 230 g/mol. The summed E-state index contributed by atoms with van der Waals surface area (Å²) in [6, 6.07) is 0. The molecule has 0 saturated carbocycles. The van der Waals surface area contributed by atoms with Crippen LogP contribution >= 0.6 is 0 Å². The monoisotopic (exact) mass is 257 g/mol. The van der Waals surface area contributed by atoms with Crippen molar-refractivity contribution >= 4 is 5.91 Å². The Balaban J connectivity index is 2.56. The van der Waals surface area contributed by atoms with Gasteiger partial charge in [-0.15, -0.1) is 0 Å². The summed E-state index contributed by atoms with van der Waals surface area (Å²) in [6.45, 7) is 8.02. The maximum atomic E-state index is 12.2. The summed E-state index contributed by atoms with van der Waals surface area (Å²) in [7, 11) is 2.00. The third-order valence-corrected chi connectivity index (χ3v) is 4.24. The zero-order valence-corrected chi connectivity index (χ0v) is 11.9. The molecule has 5 nitrogen and oxygen atoms in total. The Hall–Kier alpha value is -0.650. The van der Waals surface area contributed by atoms with Crippen molar-refractivity contribution in [3.05, 3.63) is 0 Å². The highest BCUT2D eigenvalue weighted by molar-refractivity contribution is 5.78. The van der Waals surface area contributed by atoms with E-state index in [4.69, 9.17) is 10.5 Å². The molecule has 1 aliphatic heterocycles. The van der Waals surface area contributed by atoms with Crippen molar-refractivity contribution in [2.24, 2.45) is 5.73 Å². The van der Waals surface area contributed by atoms with Crippen LogP contribution in [0.1, 0.15) is 26.7 Å². The fraction of sp³-hybridized carbons (Fsp3) is 0.923. The van der Waals surface area contributed by atoms with Crippen LogP contribution in [0.15, 0.2) is 0 Å². The molecule has 1 fully saturated rings. The van der Waals surface area contributed by atoms with Crippen molar-refractivity contribution < 1.29 is 9.53 Å². The predicted molar refractivity (Wildman–Crippen MR) is 72.4 cm³/mol. The topological polar surface area (TPSA) is 58.8 Å². The molecule has 2 N–H and O–H groups in total. The predicted octanol–water partition coefficient (Wildman–Crippen LogP) is 0.295. The van der Waals surface area contributed by atoms with Crippen molar-refractivity contribution in [3.8, 4) is 0 Å². The van der Waals surface area contributed by atoms with E-state index in [0.29, 0.717) is 39.4 Å². The Morgan fingerprint density at radius 3 is 2.33 bits per heavy atom. The van der Waals surface area contributed by atoms with E-state index < -0.39 is 0 Å². The van der Waals surface area contributed by atoms with Crippen LogP contribution in [0.4, 0.5) is 0 Å². The van der Waals surface area contributed by atoms with Crippen LogP contribution in [0.3, 0.4) is 0 Å². The molecule has 0 aromatic heterocycles. The van der Waals surface area contributed by atoms with Gasteiger partial charge < -0.3 is 15.4 Å². The standard InChI is InChI=1S/C13H27N3O2/c1-4-13(5-2,11-14)15(3)10-12(17)16-6-8-18-9-7-16/h4-11,14H2,1-3H3. The van der Waals surface area contributed by atoms with Crippen LogP contribution in [0.2, 0.25) is 0 Å². The fourth-order valence-electron chi connectivity index (χ4n) is 2.52. The largest absolute Gasteiger partial charge is 0.378 e. The van der Waals surface area contributed by atoms with Crippen LogP contribution < -0.4 is 5.73 Å². The summed E-state index contributed by atoms with van der Waals surface area (Å²) in [5.74, 6) is 0.181. The van der Waals surface area contributed by atoms with E-state index in [0.717, 1.165) is 12.8 Å². The number of carbonyl (C=O) groups is 1. The fourth-order valence-corrected chi connectivity index (χ4v) is 2.52. The molecule has 1 heterocycles. The maximum absolute atomic E-state index is 12.2. The van der Waals surface area contributed by atoms with Crippen molar-refractivity contribution in [1.82, 2.24) is 9.80 Å². The lowest BCUT2D eigenvalue weighted by Gasteiger charge is -2.40. The highest BCUT2D eigenvalue weighted by Crippen LogP contribution is 2.21. The summed E-state index contributed by atoms with van der Waals surface area (Å²) < 4.78 is 5.26. The van der Waals surface area contributed by atoms with Gasteiger partial charge in [-0.3, -0.25) is 9.69 Å². The second-order valence-electron chi connectivity index (χ2n) is 4.98. The first-order chi connectivity index (χ1) is 8.59. The normalized spacial score (nSPS) is 17.3. The summed E-state index contributed by atoms with van der Waals surface area (Å²) in [5.41, 5.74) is 5.84. The molecule has 1 rings (SSSR count). The molecule has 1 saturated heterocycles. The Kier molecular flexibility index (Phi) is 6.05. The molecule has 1 aliphatic rings. The number of amides is 1. The molecule has 0 atom stereocenters. The van der Waals surface area contributed by atoms with E-state index in [1.54, 1.807) is 0 Å². The minimum Gasteiger partial charge on any atom is -0.378 e. The van der Waals surface area contributed by atoms with Crippen LogP contribution in [0.5, 0.6) is 0 Å². The third kappa shape index (κ3) is 3.43. The first-order valence-corrected chi connectivity index (χ1v) is 6.86. The van der Waals surface area contributed by atoms with Gasteiger partial charge in [-0.2, -0.15) is 0 Å². The SMILES string of the molecule is CCC(CC)(CN)N(C)CC(=O)N1CCOCC1. The third-order valence-electron chi connectivity index (χ3n) is 4.24. The van der Waals surface area contributed by atoms with E-state index in [-0.39, 0.29) is 11.4 Å². The summed E-state index contributed by atoms with van der Waals surface area (Å²) >= 11 is 0. The van der Waals surface area contributed by atoms with Crippen molar-refractivity contribution in [3.63, 3.8) is 0 Å². The minimum absolute atomic E-state index is 0.0536. The molecule has 0 bridgehead atoms. The molecule has 0 radical (unpaired) electrons. The molecule has 5 heteroatoms. The zero-order chi connectivity index (χ0) is 13.6. The maximum Gasteiger partial charge on any atom is 0.236 e. The quantitative estimate of drug-likeness (QED) is 0.743. The average Bonchev–Trinajstić information content (AvgIpc) is 2.42. The van der Waals surface area contributed by atoms with Gasteiger partial charge in [0.2, 0.25) is 5.91 Å². The van der Waals surface area contributed by atoms with Crippen LogP contribution in [0, 0.1) is 0 Å². The van der Waals surface area contributed by atoms with Crippen molar-refractivity contribution in [1.29, 1.82) is 0 Å². The summed E-state index contributed by atoms with van der Waals surface area (Å²) in [4.78, 5) is 16.2. The number of morpholine rings is 1. The second kappa shape index (κ2) is 7.07. The molecule has 0 spiro atoms. The van der Waals surface area contributed by atoms with E-state index >= 15 is 0 Å². The highest BCUT2D eigenvalue weighted by Gasteiger charge is 2.31. The molecule has 0 aromatic rings. The van der Waals surface area contributed by atoms with Gasteiger partial charge in [0, 0.05) is 25.2 Å². The number of rotatable bonds is 6. The van der Waals surface area contributed by atoms with Gasteiger partial charge in [0.05, 0.1) is 19.8 Å². The minimum atomic E-state index is -0.0536. The second-order valence-corrected chi connectivity index (χ2v) is 4.98. The first kappa shape index (κ1) is 15.4. The first-order valence-electron chi connectivity index (χ1n) is 6.86. The van der Waals surface area contributed by atoms with Gasteiger partial charge in [-0.1, -0.05) is 13.8 Å². The Morgan fingerprint density at radius 2 is 1.89 bits per heavy atom. The number of ether oxygens (including phenoxy) is 1. The average molecular weight is 257 g/mol. The lowest BCUT2D eigenvalue weighted by atomic mass is 9.91. The smallest absolute Gasteiger partial charge is 0.236 e. The Morgan fingerprint density at radius 1 is 1.33 bits per heavy atom. The number of nitrogens with two attached hydrogens (primary N) is 1. The van der Waals surface area contributed by atoms with E-state index in [9.17, 15) is 4.79 Å². The van der Waals surface area contributed by atoms with E-state index in [1.807, 2.05) is 11.9 Å². The molecular formula is C13H27N3O2. The number of hydrogen-bond donors (Lipinski definition) is 1. The number of likely N-dealkylation sites (N-methyl/N-ethyl adjacent to an activating group) is 1. The lowest BCUT2D eigenvalue weighted by molar-refractivity contribution is -0.137. The van der Waals surface area contributed by atoms with Crippen molar-refractivity contribution in [2.45, 2.75) is 32.2 Å². The summed E-state index contributed by atoms with van der Waals surface area (Å²) in [5, 5.41) is 0. The van der Waals surface area contributed by atoms with Gasteiger partial charge in [0.1, 0.15) is 0 Å². The molecule has 18 heavy (non-hydrogen) atoms. The van der Waals surface area contributed by atoms with Crippen LogP contribution in [-0.4, -0.2) is 67.7 Å². The zero-order valence-electron chi connectivity index (χ0n) is 11.9. The van der Waals surface area contributed by atoms with Crippen molar-refractivity contribution in [2.75, 3.05) is 46.4 Å². The van der Waals surface area contributed by atoms with Gasteiger partial charge >= 0.3 is 0 Å². The van der Waals surface area contributed by atoms with Gasteiger partial charge in [0.15, 0.2) is 0 Å². The molecule has 106 valence electrons. The molecule has 1 amide bonds.